The van der Waals surface area contributed by atoms with Crippen molar-refractivity contribution in [2.45, 2.75) is 6.54 Å². The van der Waals surface area contributed by atoms with E-state index in [9.17, 15) is 4.79 Å². The van der Waals surface area contributed by atoms with Crippen LogP contribution in [0.25, 0.3) is 10.9 Å². The number of carbonyl (C=O) groups is 1. The zero-order valence-electron chi connectivity index (χ0n) is 11.6. The Bertz CT molecular complexity index is 767. The lowest BCUT2D eigenvalue weighted by Gasteiger charge is -2.09. The topological polar surface area (TPSA) is 82.7 Å². The Labute approximate surface area is 121 Å². The number of hydrogen-bond donors (Lipinski definition) is 3. The van der Waals surface area contributed by atoms with Crippen molar-refractivity contribution in [1.29, 1.82) is 0 Å². The van der Waals surface area contributed by atoms with Crippen LogP contribution in [0.2, 0.25) is 0 Å². The molecule has 0 atom stereocenters. The van der Waals surface area contributed by atoms with Crippen LogP contribution < -0.4 is 10.6 Å². The first-order chi connectivity index (χ1) is 10.3. The fraction of sp³-hybridized carbons (Fsp3) is 0.133. The highest BCUT2D eigenvalue weighted by molar-refractivity contribution is 6.06. The third kappa shape index (κ3) is 2.69. The van der Waals surface area contributed by atoms with E-state index in [0.717, 1.165) is 16.7 Å². The van der Waals surface area contributed by atoms with Crippen molar-refractivity contribution in [1.82, 2.24) is 20.3 Å². The summed E-state index contributed by atoms with van der Waals surface area (Å²) in [6, 6.07) is 9.33. The fourth-order valence-electron chi connectivity index (χ4n) is 2.15. The molecule has 0 fully saturated rings. The van der Waals surface area contributed by atoms with E-state index in [1.807, 2.05) is 24.3 Å². The maximum absolute atomic E-state index is 12.4. The summed E-state index contributed by atoms with van der Waals surface area (Å²) in [6.07, 6.45) is 3.38. The highest BCUT2D eigenvalue weighted by Gasteiger charge is 2.12. The van der Waals surface area contributed by atoms with Crippen molar-refractivity contribution in [3.05, 3.63) is 54.1 Å². The molecule has 0 radical (unpaired) electrons. The van der Waals surface area contributed by atoms with E-state index in [1.165, 1.54) is 0 Å². The maximum Gasteiger partial charge on any atom is 0.252 e. The molecule has 2 heterocycles. The highest BCUT2D eigenvalue weighted by atomic mass is 16.1. The van der Waals surface area contributed by atoms with E-state index in [4.69, 9.17) is 0 Å². The normalized spacial score (nSPS) is 10.5. The number of carbonyl (C=O) groups excluding carboxylic acids is 1. The Balaban J connectivity index is 1.92. The molecule has 0 aliphatic carbocycles. The minimum Gasteiger partial charge on any atom is -0.373 e. The number of para-hydroxylation sites is 1. The maximum atomic E-state index is 12.4. The van der Waals surface area contributed by atoms with Crippen molar-refractivity contribution in [3.63, 3.8) is 0 Å². The number of rotatable bonds is 4. The Kier molecular flexibility index (Phi) is 3.51. The Morgan fingerprint density at radius 2 is 2.19 bits per heavy atom. The molecular formula is C15H15N5O. The van der Waals surface area contributed by atoms with Gasteiger partial charge >= 0.3 is 0 Å². The van der Waals surface area contributed by atoms with Crippen molar-refractivity contribution in [3.8, 4) is 0 Å². The molecule has 2 aromatic heterocycles. The second-order valence-electron chi connectivity index (χ2n) is 4.54. The summed E-state index contributed by atoms with van der Waals surface area (Å²) in [7, 11) is 1.78. The number of aromatic amines is 1. The lowest BCUT2D eigenvalue weighted by Crippen LogP contribution is -2.24. The number of hydrogen-bond acceptors (Lipinski definition) is 4. The number of imidazole rings is 1. The van der Waals surface area contributed by atoms with Crippen LogP contribution in [-0.4, -0.2) is 27.9 Å². The van der Waals surface area contributed by atoms with Crippen LogP contribution in [-0.2, 0) is 6.54 Å². The van der Waals surface area contributed by atoms with Crippen molar-refractivity contribution < 1.29 is 4.79 Å². The van der Waals surface area contributed by atoms with E-state index in [2.05, 4.69) is 25.6 Å². The predicted molar refractivity (Wildman–Crippen MR) is 81.0 cm³/mol. The molecule has 1 aromatic carbocycles. The molecule has 0 unspecified atom stereocenters. The molecule has 21 heavy (non-hydrogen) atoms. The Morgan fingerprint density at radius 3 is 2.95 bits per heavy atom. The average molecular weight is 281 g/mol. The summed E-state index contributed by atoms with van der Waals surface area (Å²) in [4.78, 5) is 23.9. The molecule has 0 bridgehead atoms. The number of nitrogens with zero attached hydrogens (tertiary/aromatic N) is 2. The lowest BCUT2D eigenvalue weighted by molar-refractivity contribution is 0.0951. The van der Waals surface area contributed by atoms with Crippen molar-refractivity contribution >= 4 is 22.6 Å². The number of pyridine rings is 1. The molecule has 0 aliphatic heterocycles. The van der Waals surface area contributed by atoms with Gasteiger partial charge in [-0.2, -0.15) is 0 Å². The zero-order valence-corrected chi connectivity index (χ0v) is 11.6. The van der Waals surface area contributed by atoms with Gasteiger partial charge in [0, 0.05) is 24.8 Å². The summed E-state index contributed by atoms with van der Waals surface area (Å²) in [5, 5.41) is 6.66. The van der Waals surface area contributed by atoms with Gasteiger partial charge in [-0.15, -0.1) is 0 Å². The summed E-state index contributed by atoms with van der Waals surface area (Å²) in [5.41, 5.74) is 1.38. The molecule has 0 spiro atoms. The summed E-state index contributed by atoms with van der Waals surface area (Å²) in [6.45, 7) is 0.359. The molecule has 6 heteroatoms. The largest absolute Gasteiger partial charge is 0.373 e. The Hall–Kier alpha value is -2.89. The SMILES string of the molecule is CNc1cc(C(=O)NCc2ncc[nH]2)c2ccccc2n1. The van der Waals surface area contributed by atoms with Gasteiger partial charge in [0.15, 0.2) is 0 Å². The zero-order chi connectivity index (χ0) is 14.7. The van der Waals surface area contributed by atoms with Gasteiger partial charge in [-0.25, -0.2) is 9.97 Å². The monoisotopic (exact) mass is 281 g/mol. The van der Waals surface area contributed by atoms with Gasteiger partial charge in [-0.1, -0.05) is 18.2 Å². The third-order valence-corrected chi connectivity index (χ3v) is 3.19. The van der Waals surface area contributed by atoms with Gasteiger partial charge < -0.3 is 15.6 Å². The molecule has 3 aromatic rings. The number of amides is 1. The van der Waals surface area contributed by atoms with Crippen LogP contribution in [0.3, 0.4) is 0 Å². The summed E-state index contributed by atoms with van der Waals surface area (Å²) < 4.78 is 0. The third-order valence-electron chi connectivity index (χ3n) is 3.19. The van der Waals surface area contributed by atoms with Crippen LogP contribution in [0.15, 0.2) is 42.7 Å². The van der Waals surface area contributed by atoms with Crippen LogP contribution >= 0.6 is 0 Å². The van der Waals surface area contributed by atoms with Crippen LogP contribution in [0.4, 0.5) is 5.82 Å². The predicted octanol–water partition coefficient (Wildman–Crippen LogP) is 1.93. The number of aromatic nitrogens is 3. The molecule has 0 aliphatic rings. The van der Waals surface area contributed by atoms with Gasteiger partial charge in [0.05, 0.1) is 17.6 Å². The van der Waals surface area contributed by atoms with Crippen LogP contribution in [0, 0.1) is 0 Å². The Morgan fingerprint density at radius 1 is 1.33 bits per heavy atom. The molecule has 1 amide bonds. The number of anilines is 1. The summed E-state index contributed by atoms with van der Waals surface area (Å²) >= 11 is 0. The van der Waals surface area contributed by atoms with Gasteiger partial charge in [0.2, 0.25) is 0 Å². The number of fused-ring (bicyclic) bond motifs is 1. The summed E-state index contributed by atoms with van der Waals surface area (Å²) in [5.74, 6) is 1.23. The minimum atomic E-state index is -0.151. The first-order valence-electron chi connectivity index (χ1n) is 6.62. The molecule has 6 nitrogen and oxygen atoms in total. The minimum absolute atomic E-state index is 0.151. The van der Waals surface area contributed by atoms with E-state index in [-0.39, 0.29) is 5.91 Å². The van der Waals surface area contributed by atoms with E-state index >= 15 is 0 Å². The van der Waals surface area contributed by atoms with Crippen molar-refractivity contribution in [2.75, 3.05) is 12.4 Å². The fourth-order valence-corrected chi connectivity index (χ4v) is 2.15. The van der Waals surface area contributed by atoms with E-state index in [1.54, 1.807) is 25.5 Å². The smallest absolute Gasteiger partial charge is 0.252 e. The molecular weight excluding hydrogens is 266 g/mol. The molecule has 3 N–H and O–H groups in total. The van der Waals surface area contributed by atoms with Crippen LogP contribution in [0.1, 0.15) is 16.2 Å². The van der Waals surface area contributed by atoms with Gasteiger partial charge in [-0.3, -0.25) is 4.79 Å². The molecule has 106 valence electrons. The lowest BCUT2D eigenvalue weighted by atomic mass is 10.1. The second-order valence-corrected chi connectivity index (χ2v) is 4.54. The quantitative estimate of drug-likeness (QED) is 0.682. The molecule has 3 rings (SSSR count). The van der Waals surface area contributed by atoms with Gasteiger partial charge in [-0.05, 0) is 12.1 Å². The first-order valence-corrected chi connectivity index (χ1v) is 6.62. The molecule has 0 saturated heterocycles. The van der Waals surface area contributed by atoms with Crippen molar-refractivity contribution in [2.24, 2.45) is 0 Å². The number of H-pyrrole nitrogens is 1. The van der Waals surface area contributed by atoms with E-state index in [0.29, 0.717) is 17.9 Å². The average Bonchev–Trinajstić information content (AvgIpc) is 3.05. The first kappa shape index (κ1) is 13.1. The standard InChI is InChI=1S/C15H15N5O/c1-16-13-8-11(10-4-2-3-5-12(10)20-13)15(21)19-9-14-17-6-7-18-14/h2-8H,9H2,1H3,(H,16,20)(H,17,18)(H,19,21). The number of benzene rings is 1. The van der Waals surface area contributed by atoms with Gasteiger partial charge in [0.1, 0.15) is 11.6 Å². The molecule has 0 saturated carbocycles. The second kappa shape index (κ2) is 5.62. The number of nitrogens with one attached hydrogen (secondary N) is 3. The highest BCUT2D eigenvalue weighted by Crippen LogP contribution is 2.20. The van der Waals surface area contributed by atoms with Crippen LogP contribution in [0.5, 0.6) is 0 Å². The van der Waals surface area contributed by atoms with E-state index < -0.39 is 0 Å². The van der Waals surface area contributed by atoms with Gasteiger partial charge in [0.25, 0.3) is 5.91 Å².